The number of esters is 1. The molecule has 9 nitrogen and oxygen atoms in total. The van der Waals surface area contributed by atoms with Gasteiger partial charge in [-0.25, -0.2) is 4.79 Å². The molecule has 1 saturated carbocycles. The molecule has 5 rings (SSSR count). The van der Waals surface area contributed by atoms with Gasteiger partial charge in [0.2, 0.25) is 5.91 Å². The standard InChI is InChI=1S/C35H40ClN3O6/c1-21(2)44-31-19-29-25(17-30(31)43-4)18-32(40)39(33(29)23-9-11-26(36)12-10-23)28-15-13-27(14-16-28)38(3)20-22-5-7-24(8-6-22)34(41)45-35(37)42/h9-17,19,21-22,24,33H,5-8,18,20H2,1-4H3,(H2,37,42). The third-order valence-electron chi connectivity index (χ3n) is 8.62. The van der Waals surface area contributed by atoms with Gasteiger partial charge in [-0.1, -0.05) is 23.7 Å². The van der Waals surface area contributed by atoms with Crippen molar-refractivity contribution in [1.29, 1.82) is 0 Å². The van der Waals surface area contributed by atoms with Gasteiger partial charge in [-0.05, 0) is 111 Å². The molecule has 10 heteroatoms. The fourth-order valence-electron chi connectivity index (χ4n) is 6.45. The molecule has 2 amide bonds. The molecule has 1 unspecified atom stereocenters. The smallest absolute Gasteiger partial charge is 0.412 e. The molecule has 1 atom stereocenters. The highest BCUT2D eigenvalue weighted by atomic mass is 35.5. The Labute approximate surface area is 269 Å². The average Bonchev–Trinajstić information content (AvgIpc) is 3.00. The van der Waals surface area contributed by atoms with Gasteiger partial charge in [0, 0.05) is 30.0 Å². The minimum absolute atomic E-state index is 0.0187. The Kier molecular flexibility index (Phi) is 9.87. The Hall–Kier alpha value is -4.24. The second-order valence-corrected chi connectivity index (χ2v) is 12.6. The Morgan fingerprint density at radius 2 is 1.67 bits per heavy atom. The molecule has 0 spiro atoms. The first-order valence-corrected chi connectivity index (χ1v) is 15.7. The van der Waals surface area contributed by atoms with Crippen molar-refractivity contribution in [3.8, 4) is 11.5 Å². The van der Waals surface area contributed by atoms with Gasteiger partial charge in [0.25, 0.3) is 0 Å². The number of halogens is 1. The van der Waals surface area contributed by atoms with Gasteiger partial charge in [0.15, 0.2) is 11.5 Å². The van der Waals surface area contributed by atoms with Crippen molar-refractivity contribution in [2.45, 2.75) is 58.1 Å². The summed E-state index contributed by atoms with van der Waals surface area (Å²) < 4.78 is 16.3. The van der Waals surface area contributed by atoms with Crippen LogP contribution in [0.1, 0.15) is 62.3 Å². The van der Waals surface area contributed by atoms with Crippen LogP contribution >= 0.6 is 11.6 Å². The molecule has 2 N–H and O–H groups in total. The van der Waals surface area contributed by atoms with Crippen LogP contribution in [-0.4, -0.2) is 44.8 Å². The molecule has 3 aromatic rings. The van der Waals surface area contributed by atoms with Gasteiger partial charge in [0.05, 0.1) is 31.6 Å². The van der Waals surface area contributed by atoms with Crippen LogP contribution in [0.3, 0.4) is 0 Å². The van der Waals surface area contributed by atoms with Crippen LogP contribution in [0.15, 0.2) is 60.7 Å². The number of rotatable bonds is 9. The van der Waals surface area contributed by atoms with Gasteiger partial charge >= 0.3 is 12.1 Å². The zero-order valence-electron chi connectivity index (χ0n) is 26.1. The van der Waals surface area contributed by atoms with Crippen molar-refractivity contribution in [2.75, 3.05) is 30.5 Å². The molecule has 45 heavy (non-hydrogen) atoms. The summed E-state index contributed by atoms with van der Waals surface area (Å²) in [6.45, 7) is 4.76. The zero-order valence-corrected chi connectivity index (χ0v) is 26.9. The van der Waals surface area contributed by atoms with Crippen molar-refractivity contribution in [2.24, 2.45) is 17.6 Å². The van der Waals surface area contributed by atoms with E-state index in [-0.39, 0.29) is 30.4 Å². The molecule has 2 aliphatic rings. The number of benzene rings is 3. The van der Waals surface area contributed by atoms with Crippen molar-refractivity contribution in [1.82, 2.24) is 0 Å². The molecule has 0 saturated heterocycles. The Bertz CT molecular complexity index is 1530. The average molecular weight is 634 g/mol. The summed E-state index contributed by atoms with van der Waals surface area (Å²) in [5.74, 6) is 0.809. The molecule has 0 bridgehead atoms. The summed E-state index contributed by atoms with van der Waals surface area (Å²) in [6.07, 6.45) is 2.19. The van der Waals surface area contributed by atoms with Crippen molar-refractivity contribution >= 4 is 40.9 Å². The van der Waals surface area contributed by atoms with Crippen molar-refractivity contribution in [3.05, 3.63) is 82.4 Å². The molecule has 1 heterocycles. The van der Waals surface area contributed by atoms with Gasteiger partial charge in [-0.2, -0.15) is 0 Å². The minimum Gasteiger partial charge on any atom is -0.493 e. The number of nitrogens with zero attached hydrogens (tertiary/aromatic N) is 2. The highest BCUT2D eigenvalue weighted by molar-refractivity contribution is 6.30. The van der Waals surface area contributed by atoms with Crippen LogP contribution in [0, 0.1) is 11.8 Å². The van der Waals surface area contributed by atoms with Crippen molar-refractivity contribution in [3.63, 3.8) is 0 Å². The summed E-state index contributed by atoms with van der Waals surface area (Å²) in [7, 11) is 3.65. The van der Waals surface area contributed by atoms with Crippen LogP contribution in [-0.2, 0) is 20.7 Å². The van der Waals surface area contributed by atoms with Crippen LogP contribution in [0.25, 0.3) is 0 Å². The SMILES string of the molecule is COc1cc2c(cc1OC(C)C)C(c1ccc(Cl)cc1)N(c1ccc(N(C)CC3CCC(C(=O)OC(N)=O)CC3)cc1)C(=O)C2. The number of carbonyl (C=O) groups excluding carboxylic acids is 3. The molecule has 0 radical (unpaired) electrons. The van der Waals surface area contributed by atoms with Crippen LogP contribution < -0.4 is 25.0 Å². The molecular formula is C35H40ClN3O6. The number of fused-ring (bicyclic) bond motifs is 1. The quantitative estimate of drug-likeness (QED) is 0.207. The van der Waals surface area contributed by atoms with E-state index < -0.39 is 12.1 Å². The van der Waals surface area contributed by atoms with E-state index in [1.807, 2.05) is 86.5 Å². The van der Waals surface area contributed by atoms with Gasteiger partial charge in [-0.3, -0.25) is 9.59 Å². The first-order valence-electron chi connectivity index (χ1n) is 15.3. The highest BCUT2D eigenvalue weighted by Crippen LogP contribution is 2.44. The molecule has 1 fully saturated rings. The number of primary amides is 1. The summed E-state index contributed by atoms with van der Waals surface area (Å²) >= 11 is 6.25. The Morgan fingerprint density at radius 1 is 1.00 bits per heavy atom. The van der Waals surface area contributed by atoms with E-state index in [1.165, 1.54) is 0 Å². The van der Waals surface area contributed by atoms with E-state index in [1.54, 1.807) is 7.11 Å². The van der Waals surface area contributed by atoms with Crippen LogP contribution in [0.4, 0.5) is 16.2 Å². The fraction of sp³-hybridized carbons (Fsp3) is 0.400. The second kappa shape index (κ2) is 13.8. The largest absolute Gasteiger partial charge is 0.493 e. The monoisotopic (exact) mass is 633 g/mol. The number of ether oxygens (including phenoxy) is 3. The van der Waals surface area contributed by atoms with Gasteiger partial charge in [0.1, 0.15) is 0 Å². The maximum Gasteiger partial charge on any atom is 0.412 e. The van der Waals surface area contributed by atoms with Gasteiger partial charge < -0.3 is 29.7 Å². The van der Waals surface area contributed by atoms with E-state index in [9.17, 15) is 14.4 Å². The lowest BCUT2D eigenvalue weighted by molar-refractivity contribution is -0.143. The Balaban J connectivity index is 1.38. The van der Waals surface area contributed by atoms with E-state index in [2.05, 4.69) is 9.64 Å². The number of hydrogen-bond donors (Lipinski definition) is 1. The second-order valence-electron chi connectivity index (χ2n) is 12.1. The predicted molar refractivity (Wildman–Crippen MR) is 174 cm³/mol. The first kappa shape index (κ1) is 32.2. The third kappa shape index (κ3) is 7.36. The molecular weight excluding hydrogens is 594 g/mol. The molecule has 238 valence electrons. The number of hydrogen-bond acceptors (Lipinski definition) is 7. The lowest BCUT2D eigenvalue weighted by atomic mass is 9.82. The van der Waals surface area contributed by atoms with E-state index in [0.29, 0.717) is 35.3 Å². The van der Waals surface area contributed by atoms with Crippen LogP contribution in [0.2, 0.25) is 5.02 Å². The number of nitrogens with two attached hydrogens (primary N) is 1. The van der Waals surface area contributed by atoms with Gasteiger partial charge in [-0.15, -0.1) is 0 Å². The zero-order chi connectivity index (χ0) is 32.2. The lowest BCUT2D eigenvalue weighted by Crippen LogP contribution is -2.41. The number of anilines is 2. The normalized spacial score (nSPS) is 19.6. The number of methoxy groups -OCH3 is 1. The molecule has 3 aromatic carbocycles. The van der Waals surface area contributed by atoms with E-state index in [4.69, 9.17) is 26.8 Å². The fourth-order valence-corrected chi connectivity index (χ4v) is 6.58. The highest BCUT2D eigenvalue weighted by Gasteiger charge is 2.36. The van der Waals surface area contributed by atoms with E-state index >= 15 is 0 Å². The summed E-state index contributed by atoms with van der Waals surface area (Å²) in [5, 5.41) is 0.623. The minimum atomic E-state index is -1.05. The topological polar surface area (TPSA) is 111 Å². The summed E-state index contributed by atoms with van der Waals surface area (Å²) in [6, 6.07) is 19.2. The Morgan fingerprint density at radius 3 is 2.27 bits per heavy atom. The number of amides is 2. The van der Waals surface area contributed by atoms with Crippen molar-refractivity contribution < 1.29 is 28.6 Å². The summed E-state index contributed by atoms with van der Waals surface area (Å²) in [5.41, 5.74) is 9.63. The number of carbonyl (C=O) groups is 3. The maximum absolute atomic E-state index is 13.8. The predicted octanol–water partition coefficient (Wildman–Crippen LogP) is 6.68. The molecule has 1 aliphatic heterocycles. The molecule has 0 aromatic heterocycles. The van der Waals surface area contributed by atoms with Crippen LogP contribution in [0.5, 0.6) is 11.5 Å². The maximum atomic E-state index is 13.8. The summed E-state index contributed by atoms with van der Waals surface area (Å²) in [4.78, 5) is 40.9. The first-order chi connectivity index (χ1) is 21.5. The van der Waals surface area contributed by atoms with E-state index in [0.717, 1.165) is 47.5 Å². The molecule has 1 aliphatic carbocycles. The third-order valence-corrected chi connectivity index (χ3v) is 8.87. The lowest BCUT2D eigenvalue weighted by Gasteiger charge is -2.38.